The van der Waals surface area contributed by atoms with Crippen LogP contribution in [-0.2, 0) is 11.3 Å². The number of carbonyl (C=O) groups excluding carboxylic acids is 1. The fraction of sp³-hybridized carbons (Fsp3) is 0.214. The van der Waals surface area contributed by atoms with Crippen LogP contribution in [0.4, 0.5) is 11.4 Å². The second-order valence-electron chi connectivity index (χ2n) is 4.67. The van der Waals surface area contributed by atoms with E-state index in [0.29, 0.717) is 11.4 Å². The van der Waals surface area contributed by atoms with Gasteiger partial charge in [0.15, 0.2) is 0 Å². The molecule has 0 aliphatic carbocycles. The highest BCUT2D eigenvalue weighted by atomic mass is 16.2. The van der Waals surface area contributed by atoms with Gasteiger partial charge < -0.3 is 11.1 Å². The molecule has 0 atom stereocenters. The molecule has 2 aromatic rings. The number of rotatable bonds is 4. The Kier molecular flexibility index (Phi) is 4.22. The molecule has 0 aliphatic heterocycles. The molecule has 0 bridgehead atoms. The van der Waals surface area contributed by atoms with E-state index in [-0.39, 0.29) is 30.0 Å². The number of nitrogen functional groups attached to an aromatic ring is 1. The van der Waals surface area contributed by atoms with E-state index in [0.717, 1.165) is 16.3 Å². The monoisotopic (exact) mass is 288 g/mol. The minimum absolute atomic E-state index is 0.0731. The van der Waals surface area contributed by atoms with Gasteiger partial charge in [-0.15, -0.1) is 0 Å². The van der Waals surface area contributed by atoms with Gasteiger partial charge in [0.2, 0.25) is 5.91 Å². The maximum atomic E-state index is 11.9. The number of hydrogen-bond acceptors (Lipinski definition) is 4. The molecule has 7 heteroatoms. The minimum Gasteiger partial charge on any atom is -0.399 e. The van der Waals surface area contributed by atoms with Crippen molar-refractivity contribution in [2.75, 3.05) is 11.1 Å². The lowest BCUT2D eigenvalue weighted by Crippen LogP contribution is -2.29. The molecule has 0 fully saturated rings. The van der Waals surface area contributed by atoms with E-state index in [9.17, 15) is 14.4 Å². The lowest BCUT2D eigenvalue weighted by atomic mass is 10.2. The number of anilines is 2. The van der Waals surface area contributed by atoms with Gasteiger partial charge in [0, 0.05) is 29.9 Å². The van der Waals surface area contributed by atoms with E-state index in [4.69, 9.17) is 5.73 Å². The number of aryl methyl sites for hydroxylation is 2. The van der Waals surface area contributed by atoms with Crippen molar-refractivity contribution in [3.8, 4) is 0 Å². The maximum Gasteiger partial charge on any atom is 0.265 e. The van der Waals surface area contributed by atoms with Gasteiger partial charge in [-0.1, -0.05) is 0 Å². The molecule has 110 valence electrons. The standard InChI is InChI=1S/C14H16N4O3/c1-9-8-10(15)2-3-11(9)16-12(19)6-7-18-14(21)5-4-13(20)17-18/h2-5,8H,6-7,15H2,1H3,(H,16,19)(H,17,20). The van der Waals surface area contributed by atoms with Crippen molar-refractivity contribution in [1.29, 1.82) is 0 Å². The summed E-state index contributed by atoms with van der Waals surface area (Å²) in [6.45, 7) is 1.94. The average molecular weight is 288 g/mol. The SMILES string of the molecule is Cc1cc(N)ccc1NC(=O)CCn1[nH]c(=O)ccc1=O. The second kappa shape index (κ2) is 6.08. The van der Waals surface area contributed by atoms with E-state index >= 15 is 0 Å². The summed E-state index contributed by atoms with van der Waals surface area (Å²) in [4.78, 5) is 34.5. The van der Waals surface area contributed by atoms with Crippen molar-refractivity contribution in [3.63, 3.8) is 0 Å². The fourth-order valence-electron chi connectivity index (χ4n) is 1.88. The van der Waals surface area contributed by atoms with Crippen molar-refractivity contribution in [1.82, 2.24) is 9.78 Å². The molecule has 0 saturated carbocycles. The summed E-state index contributed by atoms with van der Waals surface area (Å²) >= 11 is 0. The third kappa shape index (κ3) is 3.82. The van der Waals surface area contributed by atoms with Crippen molar-refractivity contribution < 1.29 is 4.79 Å². The number of hydrogen-bond donors (Lipinski definition) is 3. The Labute approximate surface area is 120 Å². The normalized spacial score (nSPS) is 10.3. The van der Waals surface area contributed by atoms with E-state index < -0.39 is 0 Å². The van der Waals surface area contributed by atoms with E-state index in [1.807, 2.05) is 6.92 Å². The summed E-state index contributed by atoms with van der Waals surface area (Å²) in [5, 5.41) is 5.11. The van der Waals surface area contributed by atoms with E-state index in [1.54, 1.807) is 18.2 Å². The Bertz CT molecular complexity index is 776. The Morgan fingerprint density at radius 3 is 2.76 bits per heavy atom. The predicted octanol–water partition coefficient (Wildman–Crippen LogP) is 0.456. The maximum absolute atomic E-state index is 11.9. The molecule has 4 N–H and O–H groups in total. The second-order valence-corrected chi connectivity index (χ2v) is 4.67. The van der Waals surface area contributed by atoms with Gasteiger partial charge in [-0.2, -0.15) is 0 Å². The van der Waals surface area contributed by atoms with Crippen molar-refractivity contribution >= 4 is 17.3 Å². The van der Waals surface area contributed by atoms with Gasteiger partial charge in [0.25, 0.3) is 11.1 Å². The lowest BCUT2D eigenvalue weighted by molar-refractivity contribution is -0.116. The van der Waals surface area contributed by atoms with Crippen LogP contribution in [0.5, 0.6) is 0 Å². The molecule has 0 aliphatic rings. The molecule has 1 aromatic heterocycles. The Hall–Kier alpha value is -2.83. The molecule has 0 spiro atoms. The predicted molar refractivity (Wildman–Crippen MR) is 80.2 cm³/mol. The first-order valence-electron chi connectivity index (χ1n) is 6.42. The van der Waals surface area contributed by atoms with Gasteiger partial charge in [0.05, 0.1) is 6.54 Å². The van der Waals surface area contributed by atoms with Gasteiger partial charge in [-0.3, -0.25) is 19.5 Å². The fourth-order valence-corrected chi connectivity index (χ4v) is 1.88. The number of nitrogens with zero attached hydrogens (tertiary/aromatic N) is 1. The van der Waals surface area contributed by atoms with Crippen LogP contribution < -0.4 is 22.2 Å². The first kappa shape index (κ1) is 14.6. The molecule has 1 aromatic carbocycles. The quantitative estimate of drug-likeness (QED) is 0.710. The van der Waals surface area contributed by atoms with Gasteiger partial charge in [-0.25, -0.2) is 4.68 Å². The Morgan fingerprint density at radius 1 is 1.29 bits per heavy atom. The van der Waals surface area contributed by atoms with Crippen LogP contribution in [0.15, 0.2) is 39.9 Å². The van der Waals surface area contributed by atoms with Crippen LogP contribution in [0.2, 0.25) is 0 Å². The highest BCUT2D eigenvalue weighted by Gasteiger charge is 2.06. The zero-order valence-electron chi connectivity index (χ0n) is 11.6. The number of aromatic nitrogens is 2. The molecule has 21 heavy (non-hydrogen) atoms. The van der Waals surface area contributed by atoms with E-state index in [2.05, 4.69) is 10.4 Å². The topological polar surface area (TPSA) is 110 Å². The summed E-state index contributed by atoms with van der Waals surface area (Å²) < 4.78 is 1.11. The van der Waals surface area contributed by atoms with E-state index in [1.165, 1.54) is 6.07 Å². The lowest BCUT2D eigenvalue weighted by Gasteiger charge is -2.09. The molecule has 2 rings (SSSR count). The van der Waals surface area contributed by atoms with Crippen molar-refractivity contribution in [3.05, 3.63) is 56.6 Å². The Morgan fingerprint density at radius 2 is 2.05 bits per heavy atom. The summed E-state index contributed by atoms with van der Waals surface area (Å²) in [6, 6.07) is 7.49. The average Bonchev–Trinajstić information content (AvgIpc) is 2.43. The van der Waals surface area contributed by atoms with Gasteiger partial charge in [-0.05, 0) is 30.7 Å². The van der Waals surface area contributed by atoms with Gasteiger partial charge in [0.1, 0.15) is 0 Å². The van der Waals surface area contributed by atoms with Crippen molar-refractivity contribution in [2.24, 2.45) is 0 Å². The molecule has 0 saturated heterocycles. The number of nitrogens with two attached hydrogens (primary N) is 1. The first-order valence-corrected chi connectivity index (χ1v) is 6.42. The number of benzene rings is 1. The number of carbonyl (C=O) groups is 1. The van der Waals surface area contributed by atoms with Crippen LogP contribution in [-0.4, -0.2) is 15.7 Å². The van der Waals surface area contributed by atoms with Crippen LogP contribution in [0, 0.1) is 6.92 Å². The largest absolute Gasteiger partial charge is 0.399 e. The summed E-state index contributed by atoms with van der Waals surface area (Å²) in [5.41, 5.74) is 7.05. The molecular weight excluding hydrogens is 272 g/mol. The van der Waals surface area contributed by atoms with Crippen LogP contribution in [0.25, 0.3) is 0 Å². The third-order valence-corrected chi connectivity index (χ3v) is 2.98. The molecule has 0 radical (unpaired) electrons. The number of aromatic amines is 1. The number of amides is 1. The van der Waals surface area contributed by atoms with Crippen molar-refractivity contribution in [2.45, 2.75) is 19.9 Å². The summed E-state index contributed by atoms with van der Waals surface area (Å²) in [5.74, 6) is -0.250. The summed E-state index contributed by atoms with van der Waals surface area (Å²) in [7, 11) is 0. The van der Waals surface area contributed by atoms with Crippen LogP contribution in [0.3, 0.4) is 0 Å². The van der Waals surface area contributed by atoms with Crippen LogP contribution in [0.1, 0.15) is 12.0 Å². The zero-order valence-corrected chi connectivity index (χ0v) is 11.6. The van der Waals surface area contributed by atoms with Crippen LogP contribution >= 0.6 is 0 Å². The number of H-pyrrole nitrogens is 1. The molecular formula is C14H16N4O3. The number of nitrogens with one attached hydrogen (secondary N) is 2. The first-order chi connectivity index (χ1) is 9.95. The van der Waals surface area contributed by atoms with Gasteiger partial charge >= 0.3 is 0 Å². The summed E-state index contributed by atoms with van der Waals surface area (Å²) in [6.07, 6.45) is 0.0731. The molecule has 1 heterocycles. The smallest absolute Gasteiger partial charge is 0.265 e. The Balaban J connectivity index is 2.00. The highest BCUT2D eigenvalue weighted by Crippen LogP contribution is 2.17. The highest BCUT2D eigenvalue weighted by molar-refractivity contribution is 5.91. The molecule has 1 amide bonds. The third-order valence-electron chi connectivity index (χ3n) is 2.98. The minimum atomic E-state index is -0.385. The molecule has 7 nitrogen and oxygen atoms in total. The molecule has 0 unspecified atom stereocenters. The zero-order chi connectivity index (χ0) is 15.4.